The number of nitrogens with zero attached hydrogens (tertiary/aromatic N) is 2. The van der Waals surface area contributed by atoms with Gasteiger partial charge in [0.2, 0.25) is 0 Å². The Bertz CT molecular complexity index is 476. The van der Waals surface area contributed by atoms with Crippen molar-refractivity contribution in [3.63, 3.8) is 0 Å². The molecular formula is C13H16IN3. The second-order valence-corrected chi connectivity index (χ2v) is 5.42. The fraction of sp³-hybridized carbons (Fsp3) is 0.308. The first kappa shape index (κ1) is 12.6. The third-order valence-corrected chi connectivity index (χ3v) is 3.46. The van der Waals surface area contributed by atoms with Crippen molar-refractivity contribution in [3.05, 3.63) is 51.4 Å². The van der Waals surface area contributed by atoms with Crippen LogP contribution in [-0.2, 0) is 13.6 Å². The third kappa shape index (κ3) is 3.54. The van der Waals surface area contributed by atoms with E-state index in [2.05, 4.69) is 64.2 Å². The minimum absolute atomic E-state index is 0.354. The van der Waals surface area contributed by atoms with Crippen molar-refractivity contribution in [2.24, 2.45) is 7.05 Å². The van der Waals surface area contributed by atoms with Crippen LogP contribution in [0.3, 0.4) is 0 Å². The number of benzene rings is 1. The van der Waals surface area contributed by atoms with Gasteiger partial charge in [-0.05, 0) is 47.2 Å². The van der Waals surface area contributed by atoms with E-state index in [9.17, 15) is 0 Å². The molecule has 0 radical (unpaired) electrons. The SMILES string of the molecule is CC(NCc1cnn(C)c1)c1ccc(I)cc1. The highest BCUT2D eigenvalue weighted by atomic mass is 127. The molecule has 0 amide bonds. The van der Waals surface area contributed by atoms with Gasteiger partial charge in [0.15, 0.2) is 0 Å². The number of halogens is 1. The molecule has 0 saturated carbocycles. The van der Waals surface area contributed by atoms with Crippen LogP contribution in [0.1, 0.15) is 24.1 Å². The predicted octanol–water partition coefficient (Wildman–Crippen LogP) is 2.88. The summed E-state index contributed by atoms with van der Waals surface area (Å²) in [4.78, 5) is 0. The smallest absolute Gasteiger partial charge is 0.0534 e. The van der Waals surface area contributed by atoms with Crippen LogP contribution in [0, 0.1) is 3.57 Å². The molecule has 0 aliphatic rings. The van der Waals surface area contributed by atoms with Gasteiger partial charge in [0.1, 0.15) is 0 Å². The molecule has 1 aromatic heterocycles. The Hall–Kier alpha value is -0.880. The predicted molar refractivity (Wildman–Crippen MR) is 77.6 cm³/mol. The fourth-order valence-corrected chi connectivity index (χ4v) is 2.06. The first-order valence-electron chi connectivity index (χ1n) is 5.61. The zero-order chi connectivity index (χ0) is 12.3. The van der Waals surface area contributed by atoms with Gasteiger partial charge in [-0.25, -0.2) is 0 Å². The van der Waals surface area contributed by atoms with E-state index in [-0.39, 0.29) is 0 Å². The van der Waals surface area contributed by atoms with Gasteiger partial charge < -0.3 is 5.32 Å². The van der Waals surface area contributed by atoms with Crippen LogP contribution >= 0.6 is 22.6 Å². The van der Waals surface area contributed by atoms with E-state index in [0.29, 0.717) is 6.04 Å². The van der Waals surface area contributed by atoms with Crippen molar-refractivity contribution >= 4 is 22.6 Å². The average Bonchev–Trinajstić information content (AvgIpc) is 2.73. The molecule has 17 heavy (non-hydrogen) atoms. The Balaban J connectivity index is 1.93. The quantitative estimate of drug-likeness (QED) is 0.867. The normalized spacial score (nSPS) is 12.6. The van der Waals surface area contributed by atoms with Gasteiger partial charge >= 0.3 is 0 Å². The largest absolute Gasteiger partial charge is 0.306 e. The van der Waals surface area contributed by atoms with Crippen LogP contribution in [-0.4, -0.2) is 9.78 Å². The molecule has 2 aromatic rings. The van der Waals surface area contributed by atoms with Gasteiger partial charge in [-0.15, -0.1) is 0 Å². The maximum Gasteiger partial charge on any atom is 0.0534 e. The second kappa shape index (κ2) is 5.64. The Morgan fingerprint density at radius 2 is 2.06 bits per heavy atom. The van der Waals surface area contributed by atoms with Gasteiger partial charge in [0.05, 0.1) is 6.20 Å². The molecule has 90 valence electrons. The highest BCUT2D eigenvalue weighted by molar-refractivity contribution is 14.1. The van der Waals surface area contributed by atoms with Gasteiger partial charge in [-0.3, -0.25) is 4.68 Å². The van der Waals surface area contributed by atoms with Crippen molar-refractivity contribution in [3.8, 4) is 0 Å². The first-order chi connectivity index (χ1) is 8.15. The van der Waals surface area contributed by atoms with E-state index in [4.69, 9.17) is 0 Å². The molecule has 1 heterocycles. The Morgan fingerprint density at radius 3 is 2.65 bits per heavy atom. The molecule has 1 unspecified atom stereocenters. The van der Waals surface area contributed by atoms with Crippen LogP contribution < -0.4 is 5.32 Å². The Morgan fingerprint density at radius 1 is 1.35 bits per heavy atom. The Kier molecular flexibility index (Phi) is 4.17. The zero-order valence-electron chi connectivity index (χ0n) is 10.0. The number of hydrogen-bond acceptors (Lipinski definition) is 2. The number of aromatic nitrogens is 2. The molecule has 4 heteroatoms. The molecule has 1 aromatic carbocycles. The Labute approximate surface area is 115 Å². The second-order valence-electron chi connectivity index (χ2n) is 4.18. The standard InChI is InChI=1S/C13H16IN3/c1-10(12-3-5-13(14)6-4-12)15-7-11-8-16-17(2)9-11/h3-6,8-10,15H,7H2,1-2H3. The lowest BCUT2D eigenvalue weighted by molar-refractivity contribution is 0.574. The molecule has 0 fully saturated rings. The minimum Gasteiger partial charge on any atom is -0.306 e. The number of aryl methyl sites for hydroxylation is 1. The van der Waals surface area contributed by atoms with Crippen molar-refractivity contribution in [1.82, 2.24) is 15.1 Å². The van der Waals surface area contributed by atoms with Crippen molar-refractivity contribution in [1.29, 1.82) is 0 Å². The molecule has 1 atom stereocenters. The molecule has 0 spiro atoms. The molecule has 0 aliphatic heterocycles. The van der Waals surface area contributed by atoms with E-state index in [1.54, 1.807) is 0 Å². The minimum atomic E-state index is 0.354. The lowest BCUT2D eigenvalue weighted by Crippen LogP contribution is -2.17. The van der Waals surface area contributed by atoms with Gasteiger partial charge in [-0.1, -0.05) is 12.1 Å². The summed E-state index contributed by atoms with van der Waals surface area (Å²) in [7, 11) is 1.94. The van der Waals surface area contributed by atoms with Crippen LogP contribution in [0.25, 0.3) is 0 Å². The summed E-state index contributed by atoms with van der Waals surface area (Å²) >= 11 is 2.32. The summed E-state index contributed by atoms with van der Waals surface area (Å²) < 4.78 is 3.10. The molecule has 0 saturated heterocycles. The van der Waals surface area contributed by atoms with Crippen LogP contribution in [0.4, 0.5) is 0 Å². The molecule has 3 nitrogen and oxygen atoms in total. The highest BCUT2D eigenvalue weighted by Gasteiger charge is 2.05. The van der Waals surface area contributed by atoms with E-state index in [1.165, 1.54) is 14.7 Å². The monoisotopic (exact) mass is 341 g/mol. The average molecular weight is 341 g/mol. The summed E-state index contributed by atoms with van der Waals surface area (Å²) in [5.41, 5.74) is 2.53. The fourth-order valence-electron chi connectivity index (χ4n) is 1.70. The topological polar surface area (TPSA) is 29.9 Å². The summed E-state index contributed by atoms with van der Waals surface area (Å²) in [6.07, 6.45) is 3.93. The maximum atomic E-state index is 4.15. The lowest BCUT2D eigenvalue weighted by atomic mass is 10.1. The lowest BCUT2D eigenvalue weighted by Gasteiger charge is -2.13. The number of hydrogen-bond donors (Lipinski definition) is 1. The first-order valence-corrected chi connectivity index (χ1v) is 6.69. The highest BCUT2D eigenvalue weighted by Crippen LogP contribution is 2.14. The molecule has 1 N–H and O–H groups in total. The van der Waals surface area contributed by atoms with E-state index >= 15 is 0 Å². The molecule has 0 bridgehead atoms. The summed E-state index contributed by atoms with van der Waals surface area (Å²) in [5, 5.41) is 7.65. The van der Waals surface area contributed by atoms with Gasteiger partial charge in [0, 0.05) is 35.0 Å². The molecule has 2 rings (SSSR count). The molecule has 0 aliphatic carbocycles. The summed E-state index contributed by atoms with van der Waals surface area (Å²) in [6, 6.07) is 8.97. The van der Waals surface area contributed by atoms with Crippen LogP contribution in [0.2, 0.25) is 0 Å². The van der Waals surface area contributed by atoms with Crippen molar-refractivity contribution in [2.75, 3.05) is 0 Å². The van der Waals surface area contributed by atoms with Crippen molar-refractivity contribution < 1.29 is 0 Å². The van der Waals surface area contributed by atoms with Crippen LogP contribution in [0.5, 0.6) is 0 Å². The number of rotatable bonds is 4. The summed E-state index contributed by atoms with van der Waals surface area (Å²) in [6.45, 7) is 3.03. The van der Waals surface area contributed by atoms with E-state index in [1.807, 2.05) is 24.1 Å². The van der Waals surface area contributed by atoms with Gasteiger partial charge in [0.25, 0.3) is 0 Å². The third-order valence-electron chi connectivity index (χ3n) is 2.74. The van der Waals surface area contributed by atoms with Crippen LogP contribution in [0.15, 0.2) is 36.7 Å². The van der Waals surface area contributed by atoms with Gasteiger partial charge in [-0.2, -0.15) is 5.10 Å². The number of nitrogens with one attached hydrogen (secondary N) is 1. The van der Waals surface area contributed by atoms with E-state index in [0.717, 1.165) is 6.54 Å². The maximum absolute atomic E-state index is 4.15. The molecular weight excluding hydrogens is 325 g/mol. The summed E-state index contributed by atoms with van der Waals surface area (Å²) in [5.74, 6) is 0. The van der Waals surface area contributed by atoms with Crippen molar-refractivity contribution in [2.45, 2.75) is 19.5 Å². The van der Waals surface area contributed by atoms with E-state index < -0.39 is 0 Å². The zero-order valence-corrected chi connectivity index (χ0v) is 12.2.